The van der Waals surface area contributed by atoms with Crippen LogP contribution in [0.25, 0.3) is 0 Å². The van der Waals surface area contributed by atoms with Crippen LogP contribution < -0.4 is 5.84 Å². The summed E-state index contributed by atoms with van der Waals surface area (Å²) in [6.45, 7) is 4.12. The Hall–Kier alpha value is -1.80. The first-order valence-electron chi connectivity index (χ1n) is 6.19. The maximum absolute atomic E-state index is 6.19. The molecular formula is C16H17ClN2. The van der Waals surface area contributed by atoms with Gasteiger partial charge in [0.25, 0.3) is 0 Å². The standard InChI is InChI=1S/C16H17ClN2/c1-11-7-8-12(2)14(9-11)16(19-18)10-13-5-3-4-6-15(13)17/h3-9H,10,18H2,1-2H3/b19-16+. The van der Waals surface area contributed by atoms with Gasteiger partial charge in [-0.3, -0.25) is 0 Å². The molecule has 2 aromatic carbocycles. The van der Waals surface area contributed by atoms with Gasteiger partial charge in [-0.2, -0.15) is 5.10 Å². The van der Waals surface area contributed by atoms with Crippen molar-refractivity contribution in [2.75, 3.05) is 0 Å². The van der Waals surface area contributed by atoms with E-state index in [1.807, 2.05) is 24.3 Å². The van der Waals surface area contributed by atoms with E-state index < -0.39 is 0 Å². The Balaban J connectivity index is 2.37. The first-order chi connectivity index (χ1) is 9.11. The number of aryl methyl sites for hydroxylation is 2. The van der Waals surface area contributed by atoms with Crippen molar-refractivity contribution in [3.05, 3.63) is 69.7 Å². The normalized spacial score (nSPS) is 11.6. The quantitative estimate of drug-likeness (QED) is 0.514. The highest BCUT2D eigenvalue weighted by Gasteiger charge is 2.10. The topological polar surface area (TPSA) is 38.4 Å². The summed E-state index contributed by atoms with van der Waals surface area (Å²) in [5.41, 5.74) is 5.34. The molecule has 2 N–H and O–H groups in total. The summed E-state index contributed by atoms with van der Waals surface area (Å²) in [6, 6.07) is 14.1. The molecule has 0 spiro atoms. The Morgan fingerprint density at radius 2 is 1.89 bits per heavy atom. The van der Waals surface area contributed by atoms with E-state index in [0.717, 1.165) is 21.9 Å². The molecule has 2 aromatic rings. The molecule has 2 rings (SSSR count). The molecule has 0 unspecified atom stereocenters. The van der Waals surface area contributed by atoms with Crippen LogP contribution in [0.15, 0.2) is 47.6 Å². The zero-order chi connectivity index (χ0) is 13.8. The van der Waals surface area contributed by atoms with Gasteiger partial charge >= 0.3 is 0 Å². The third-order valence-electron chi connectivity index (χ3n) is 3.18. The van der Waals surface area contributed by atoms with E-state index in [-0.39, 0.29) is 0 Å². The summed E-state index contributed by atoms with van der Waals surface area (Å²) in [7, 11) is 0. The largest absolute Gasteiger partial charge is 0.323 e. The smallest absolute Gasteiger partial charge is 0.0719 e. The Kier molecular flexibility index (Phi) is 4.23. The average Bonchev–Trinajstić information content (AvgIpc) is 2.41. The lowest BCUT2D eigenvalue weighted by Gasteiger charge is -2.11. The summed E-state index contributed by atoms with van der Waals surface area (Å²) >= 11 is 6.19. The average molecular weight is 273 g/mol. The van der Waals surface area contributed by atoms with E-state index in [9.17, 15) is 0 Å². The maximum Gasteiger partial charge on any atom is 0.0719 e. The zero-order valence-corrected chi connectivity index (χ0v) is 11.9. The number of halogens is 1. The van der Waals surface area contributed by atoms with Crippen LogP contribution in [0.4, 0.5) is 0 Å². The predicted octanol–water partition coefficient (Wildman–Crippen LogP) is 3.86. The van der Waals surface area contributed by atoms with Crippen molar-refractivity contribution in [1.82, 2.24) is 0 Å². The van der Waals surface area contributed by atoms with Crippen LogP contribution in [0.5, 0.6) is 0 Å². The molecule has 0 atom stereocenters. The molecule has 0 aliphatic heterocycles. The summed E-state index contributed by atoms with van der Waals surface area (Å²) < 4.78 is 0. The van der Waals surface area contributed by atoms with Gasteiger partial charge in [-0.25, -0.2) is 0 Å². The van der Waals surface area contributed by atoms with Gasteiger partial charge in [0.2, 0.25) is 0 Å². The molecule has 98 valence electrons. The Morgan fingerprint density at radius 3 is 2.58 bits per heavy atom. The van der Waals surface area contributed by atoms with Gasteiger partial charge < -0.3 is 5.84 Å². The molecule has 0 bridgehead atoms. The van der Waals surface area contributed by atoms with Crippen LogP contribution in [0, 0.1) is 13.8 Å². The highest BCUT2D eigenvalue weighted by molar-refractivity contribution is 6.31. The molecule has 0 aliphatic carbocycles. The second-order valence-electron chi connectivity index (χ2n) is 4.66. The van der Waals surface area contributed by atoms with E-state index in [0.29, 0.717) is 6.42 Å². The molecule has 0 fully saturated rings. The monoisotopic (exact) mass is 272 g/mol. The van der Waals surface area contributed by atoms with Gasteiger partial charge in [0, 0.05) is 17.0 Å². The molecule has 0 aromatic heterocycles. The SMILES string of the molecule is Cc1ccc(C)c(/C(Cc2ccccc2Cl)=N/N)c1. The van der Waals surface area contributed by atoms with Gasteiger partial charge in [-0.1, -0.05) is 47.5 Å². The van der Waals surface area contributed by atoms with Crippen molar-refractivity contribution in [2.24, 2.45) is 10.9 Å². The van der Waals surface area contributed by atoms with Crippen molar-refractivity contribution in [3.63, 3.8) is 0 Å². The predicted molar refractivity (Wildman–Crippen MR) is 81.8 cm³/mol. The summed E-state index contributed by atoms with van der Waals surface area (Å²) in [5.74, 6) is 5.57. The third-order valence-corrected chi connectivity index (χ3v) is 3.54. The number of nitrogens with two attached hydrogens (primary N) is 1. The summed E-state index contributed by atoms with van der Waals surface area (Å²) in [6.07, 6.45) is 0.639. The van der Waals surface area contributed by atoms with Crippen molar-refractivity contribution < 1.29 is 0 Å². The van der Waals surface area contributed by atoms with E-state index in [1.54, 1.807) is 0 Å². The van der Waals surface area contributed by atoms with Crippen LogP contribution in [0.1, 0.15) is 22.3 Å². The molecule has 0 aliphatic rings. The van der Waals surface area contributed by atoms with Crippen LogP contribution in [0.2, 0.25) is 5.02 Å². The fraction of sp³-hybridized carbons (Fsp3) is 0.188. The fourth-order valence-electron chi connectivity index (χ4n) is 2.08. The minimum Gasteiger partial charge on any atom is -0.323 e. The maximum atomic E-state index is 6.19. The van der Waals surface area contributed by atoms with Crippen molar-refractivity contribution in [3.8, 4) is 0 Å². The minimum absolute atomic E-state index is 0.639. The number of nitrogens with zero attached hydrogens (tertiary/aromatic N) is 1. The second kappa shape index (κ2) is 5.89. The second-order valence-corrected chi connectivity index (χ2v) is 5.07. The first kappa shape index (κ1) is 13.6. The number of hydrogen-bond donors (Lipinski definition) is 1. The lowest BCUT2D eigenvalue weighted by molar-refractivity contribution is 1.18. The molecule has 2 nitrogen and oxygen atoms in total. The van der Waals surface area contributed by atoms with E-state index in [1.165, 1.54) is 11.1 Å². The van der Waals surface area contributed by atoms with Crippen molar-refractivity contribution in [1.29, 1.82) is 0 Å². The van der Waals surface area contributed by atoms with Gasteiger partial charge in [0.15, 0.2) is 0 Å². The molecule has 0 saturated heterocycles. The van der Waals surface area contributed by atoms with E-state index >= 15 is 0 Å². The van der Waals surface area contributed by atoms with Gasteiger partial charge in [0.05, 0.1) is 5.71 Å². The number of hydrogen-bond acceptors (Lipinski definition) is 2. The van der Waals surface area contributed by atoms with Crippen molar-refractivity contribution in [2.45, 2.75) is 20.3 Å². The number of hydrazone groups is 1. The van der Waals surface area contributed by atoms with Crippen molar-refractivity contribution >= 4 is 17.3 Å². The first-order valence-corrected chi connectivity index (χ1v) is 6.57. The molecule has 0 saturated carbocycles. The highest BCUT2D eigenvalue weighted by atomic mass is 35.5. The van der Waals surface area contributed by atoms with Gasteiger partial charge in [0.1, 0.15) is 0 Å². The number of rotatable bonds is 3. The van der Waals surface area contributed by atoms with Crippen LogP contribution in [0.3, 0.4) is 0 Å². The van der Waals surface area contributed by atoms with E-state index in [2.05, 4.69) is 37.1 Å². The molecular weight excluding hydrogens is 256 g/mol. The molecule has 19 heavy (non-hydrogen) atoms. The minimum atomic E-state index is 0.639. The lowest BCUT2D eigenvalue weighted by atomic mass is 9.97. The molecule has 0 amide bonds. The van der Waals surface area contributed by atoms with Crippen LogP contribution in [-0.4, -0.2) is 5.71 Å². The summed E-state index contributed by atoms with van der Waals surface area (Å²) in [5, 5.41) is 4.70. The van der Waals surface area contributed by atoms with E-state index in [4.69, 9.17) is 17.4 Å². The van der Waals surface area contributed by atoms with Gasteiger partial charge in [-0.05, 0) is 37.1 Å². The molecule has 3 heteroatoms. The zero-order valence-electron chi connectivity index (χ0n) is 11.2. The Morgan fingerprint density at radius 1 is 1.16 bits per heavy atom. The van der Waals surface area contributed by atoms with Crippen LogP contribution >= 0.6 is 11.6 Å². The highest BCUT2D eigenvalue weighted by Crippen LogP contribution is 2.19. The van der Waals surface area contributed by atoms with Gasteiger partial charge in [-0.15, -0.1) is 0 Å². The Bertz CT molecular complexity index is 618. The molecule has 0 heterocycles. The number of benzene rings is 2. The molecule has 0 radical (unpaired) electrons. The third kappa shape index (κ3) is 3.15. The lowest BCUT2D eigenvalue weighted by Crippen LogP contribution is -2.10. The fourth-order valence-corrected chi connectivity index (χ4v) is 2.28. The summed E-state index contributed by atoms with van der Waals surface area (Å²) in [4.78, 5) is 0. The van der Waals surface area contributed by atoms with Crippen LogP contribution in [-0.2, 0) is 6.42 Å². The Labute approximate surface area is 118 Å².